The fourth-order valence-electron chi connectivity index (χ4n) is 2.57. The highest BCUT2D eigenvalue weighted by Gasteiger charge is 2.39. The van der Waals surface area contributed by atoms with Gasteiger partial charge in [-0.15, -0.1) is 5.10 Å². The highest BCUT2D eigenvalue weighted by molar-refractivity contribution is 7.71. The molecule has 0 saturated carbocycles. The molecule has 126 valence electrons. The number of aliphatic hydroxyl groups is 3. The van der Waals surface area contributed by atoms with Gasteiger partial charge in [-0.25, -0.2) is 4.68 Å². The van der Waals surface area contributed by atoms with Crippen molar-refractivity contribution in [2.45, 2.75) is 24.5 Å². The van der Waals surface area contributed by atoms with E-state index in [-0.39, 0.29) is 11.4 Å². The van der Waals surface area contributed by atoms with Gasteiger partial charge in [0.25, 0.3) is 0 Å². The first-order valence-electron chi connectivity index (χ1n) is 7.26. The standard InChI is InChI=1S/C14H14N4O4S2/c19-8-6-22-12(10(21)9(8)20)17-14(23)18-13(16-17)24-11(15-18)7-4-2-1-3-5-7/h1-5,8-10,12,19-21H,6H2/t8-,9-,10+,12+/m0/s1. The quantitative estimate of drug-likeness (QED) is 0.571. The second kappa shape index (κ2) is 5.99. The topological polar surface area (TPSA) is 105 Å². The Kier molecular flexibility index (Phi) is 3.95. The molecular weight excluding hydrogens is 352 g/mol. The van der Waals surface area contributed by atoms with E-state index in [0.29, 0.717) is 4.96 Å². The normalized spacial score (nSPS) is 27.6. The molecule has 1 fully saturated rings. The maximum Gasteiger partial charge on any atom is 0.233 e. The van der Waals surface area contributed by atoms with Crippen LogP contribution in [0, 0.1) is 4.77 Å². The van der Waals surface area contributed by atoms with Crippen LogP contribution in [0.25, 0.3) is 15.5 Å². The lowest BCUT2D eigenvalue weighted by atomic mass is 10.0. The monoisotopic (exact) mass is 366 g/mol. The van der Waals surface area contributed by atoms with Gasteiger partial charge in [-0.05, 0) is 12.2 Å². The maximum absolute atomic E-state index is 10.1. The molecular formula is C14H14N4O4S2. The number of fused-ring (bicyclic) bond motifs is 1. The van der Waals surface area contributed by atoms with Crippen molar-refractivity contribution < 1.29 is 20.1 Å². The van der Waals surface area contributed by atoms with Crippen LogP contribution in [-0.2, 0) is 4.74 Å². The summed E-state index contributed by atoms with van der Waals surface area (Å²) in [5, 5.41) is 39.0. The van der Waals surface area contributed by atoms with E-state index in [1.807, 2.05) is 30.3 Å². The van der Waals surface area contributed by atoms with Crippen LogP contribution in [0.3, 0.4) is 0 Å². The number of rotatable bonds is 2. The summed E-state index contributed by atoms with van der Waals surface area (Å²) in [5.41, 5.74) is 0.960. The number of ether oxygens (including phenoxy) is 1. The number of hydrogen-bond acceptors (Lipinski definition) is 8. The predicted molar refractivity (Wildman–Crippen MR) is 88.1 cm³/mol. The summed E-state index contributed by atoms with van der Waals surface area (Å²) in [5.74, 6) is 0. The Morgan fingerprint density at radius 3 is 2.58 bits per heavy atom. The highest BCUT2D eigenvalue weighted by atomic mass is 32.1. The fraction of sp³-hybridized carbons (Fsp3) is 0.357. The molecule has 0 unspecified atom stereocenters. The van der Waals surface area contributed by atoms with Gasteiger partial charge in [0, 0.05) is 5.56 Å². The Morgan fingerprint density at radius 1 is 1.12 bits per heavy atom. The summed E-state index contributed by atoms with van der Waals surface area (Å²) < 4.78 is 8.44. The molecule has 1 aliphatic rings. The van der Waals surface area contributed by atoms with Crippen molar-refractivity contribution in [1.82, 2.24) is 19.4 Å². The first-order valence-corrected chi connectivity index (χ1v) is 8.48. The van der Waals surface area contributed by atoms with Crippen LogP contribution in [0.15, 0.2) is 30.3 Å². The van der Waals surface area contributed by atoms with Gasteiger partial charge in [-0.2, -0.15) is 9.61 Å². The van der Waals surface area contributed by atoms with Crippen LogP contribution in [0.2, 0.25) is 0 Å². The molecule has 2 aromatic heterocycles. The highest BCUT2D eigenvalue weighted by Crippen LogP contribution is 2.28. The van der Waals surface area contributed by atoms with Crippen molar-refractivity contribution in [1.29, 1.82) is 0 Å². The molecule has 8 nitrogen and oxygen atoms in total. The second-order valence-electron chi connectivity index (χ2n) is 5.47. The molecule has 3 N–H and O–H groups in total. The minimum Gasteiger partial charge on any atom is -0.388 e. The molecule has 3 aromatic rings. The molecule has 1 aliphatic heterocycles. The van der Waals surface area contributed by atoms with E-state index < -0.39 is 24.5 Å². The number of aromatic nitrogens is 4. The lowest BCUT2D eigenvalue weighted by molar-refractivity contribution is -0.214. The SMILES string of the molecule is O[C@@H]1[C@@H](O)[C@@H](O)CO[C@H]1n1nc2sc(-c3ccccc3)nn2c1=S. The van der Waals surface area contributed by atoms with Crippen LogP contribution >= 0.6 is 23.6 Å². The molecule has 0 aliphatic carbocycles. The largest absolute Gasteiger partial charge is 0.388 e. The van der Waals surface area contributed by atoms with E-state index in [4.69, 9.17) is 17.0 Å². The minimum absolute atomic E-state index is 0.113. The van der Waals surface area contributed by atoms with E-state index in [2.05, 4.69) is 10.2 Å². The summed E-state index contributed by atoms with van der Waals surface area (Å²) in [7, 11) is 0. The lowest BCUT2D eigenvalue weighted by Gasteiger charge is -2.34. The summed E-state index contributed by atoms with van der Waals surface area (Å²) in [6.07, 6.45) is -4.76. The average Bonchev–Trinajstić information content (AvgIpc) is 3.14. The van der Waals surface area contributed by atoms with Gasteiger partial charge in [0.15, 0.2) is 6.23 Å². The smallest absolute Gasteiger partial charge is 0.233 e. The third-order valence-electron chi connectivity index (χ3n) is 3.87. The van der Waals surface area contributed by atoms with Crippen molar-refractivity contribution in [2.75, 3.05) is 6.61 Å². The van der Waals surface area contributed by atoms with E-state index in [0.717, 1.165) is 10.6 Å². The molecule has 0 amide bonds. The van der Waals surface area contributed by atoms with Crippen molar-refractivity contribution in [3.8, 4) is 10.6 Å². The Morgan fingerprint density at radius 2 is 1.88 bits per heavy atom. The zero-order valence-corrected chi connectivity index (χ0v) is 13.9. The summed E-state index contributed by atoms with van der Waals surface area (Å²) in [6.45, 7) is -0.113. The van der Waals surface area contributed by atoms with Crippen LogP contribution < -0.4 is 0 Å². The number of hydrogen-bond donors (Lipinski definition) is 3. The van der Waals surface area contributed by atoms with Crippen molar-refractivity contribution >= 4 is 28.5 Å². The van der Waals surface area contributed by atoms with Gasteiger partial charge in [0.05, 0.1) is 6.61 Å². The molecule has 1 aromatic carbocycles. The van der Waals surface area contributed by atoms with Gasteiger partial charge in [0.2, 0.25) is 9.73 Å². The first kappa shape index (κ1) is 15.8. The van der Waals surface area contributed by atoms with Crippen LogP contribution in [0.4, 0.5) is 0 Å². The molecule has 0 bridgehead atoms. The van der Waals surface area contributed by atoms with Crippen molar-refractivity contribution in [2.24, 2.45) is 0 Å². The Hall–Kier alpha value is -1.69. The van der Waals surface area contributed by atoms with Crippen molar-refractivity contribution in [3.05, 3.63) is 35.1 Å². The Labute approximate surface area is 145 Å². The van der Waals surface area contributed by atoms with E-state index >= 15 is 0 Å². The van der Waals surface area contributed by atoms with E-state index in [9.17, 15) is 15.3 Å². The molecule has 0 radical (unpaired) electrons. The van der Waals surface area contributed by atoms with Gasteiger partial charge in [-0.1, -0.05) is 41.7 Å². The van der Waals surface area contributed by atoms with Gasteiger partial charge >= 0.3 is 0 Å². The first-order chi connectivity index (χ1) is 11.6. The second-order valence-corrected chi connectivity index (χ2v) is 6.79. The van der Waals surface area contributed by atoms with Gasteiger partial charge in [0.1, 0.15) is 23.3 Å². The Bertz CT molecular complexity index is 922. The third kappa shape index (κ3) is 2.48. The zero-order valence-electron chi connectivity index (χ0n) is 12.3. The summed E-state index contributed by atoms with van der Waals surface area (Å²) in [6, 6.07) is 9.67. The van der Waals surface area contributed by atoms with E-state index in [1.54, 1.807) is 0 Å². The molecule has 3 heterocycles. The molecule has 10 heteroatoms. The maximum atomic E-state index is 10.1. The predicted octanol–water partition coefficient (Wildman–Crippen LogP) is 0.600. The minimum atomic E-state index is -1.33. The Balaban J connectivity index is 1.73. The lowest BCUT2D eigenvalue weighted by Crippen LogP contribution is -2.50. The van der Waals surface area contributed by atoms with Crippen molar-refractivity contribution in [3.63, 3.8) is 0 Å². The number of aliphatic hydroxyl groups excluding tert-OH is 3. The molecule has 4 rings (SSSR count). The summed E-state index contributed by atoms with van der Waals surface area (Å²) in [4.78, 5) is 0.551. The number of nitrogens with zero attached hydrogens (tertiary/aromatic N) is 4. The molecule has 4 atom stereocenters. The zero-order chi connectivity index (χ0) is 16.8. The fourth-order valence-corrected chi connectivity index (χ4v) is 3.79. The van der Waals surface area contributed by atoms with Crippen LogP contribution in [-0.4, -0.2) is 59.6 Å². The van der Waals surface area contributed by atoms with Gasteiger partial charge in [-0.3, -0.25) is 0 Å². The van der Waals surface area contributed by atoms with Crippen LogP contribution in [0.5, 0.6) is 0 Å². The molecule has 0 spiro atoms. The summed E-state index contributed by atoms with van der Waals surface area (Å²) >= 11 is 6.72. The molecule has 1 saturated heterocycles. The molecule has 24 heavy (non-hydrogen) atoms. The average molecular weight is 366 g/mol. The third-order valence-corrected chi connectivity index (χ3v) is 5.17. The van der Waals surface area contributed by atoms with Crippen LogP contribution in [0.1, 0.15) is 6.23 Å². The van der Waals surface area contributed by atoms with E-state index in [1.165, 1.54) is 20.5 Å². The number of benzene rings is 1. The van der Waals surface area contributed by atoms with Gasteiger partial charge < -0.3 is 20.1 Å².